The molecular weight excluding hydrogens is 350 g/mol. The second kappa shape index (κ2) is 8.43. The Morgan fingerprint density at radius 1 is 1.15 bits per heavy atom. The highest BCUT2D eigenvalue weighted by Crippen LogP contribution is 2.30. The summed E-state index contributed by atoms with van der Waals surface area (Å²) in [6.07, 6.45) is 0.934. The van der Waals surface area contributed by atoms with Crippen molar-refractivity contribution >= 4 is 23.2 Å². The summed E-state index contributed by atoms with van der Waals surface area (Å²) in [7, 11) is 1.53. The average molecular weight is 374 g/mol. The van der Waals surface area contributed by atoms with Crippen molar-refractivity contribution in [2.75, 3.05) is 39.0 Å². The molecule has 0 saturated carbocycles. The quantitative estimate of drug-likeness (QED) is 0.835. The van der Waals surface area contributed by atoms with Crippen molar-refractivity contribution in [1.29, 1.82) is 0 Å². The van der Waals surface area contributed by atoms with Gasteiger partial charge in [-0.2, -0.15) is 0 Å². The molecule has 138 valence electrons. The van der Waals surface area contributed by atoms with E-state index in [1.54, 1.807) is 12.1 Å². The Balaban J connectivity index is 1.69. The molecule has 1 saturated heterocycles. The van der Waals surface area contributed by atoms with Crippen LogP contribution in [0.5, 0.6) is 5.75 Å². The zero-order valence-electron chi connectivity index (χ0n) is 15.0. The van der Waals surface area contributed by atoms with Gasteiger partial charge in [-0.1, -0.05) is 41.9 Å². The summed E-state index contributed by atoms with van der Waals surface area (Å²) in [5.41, 5.74) is 7.98. The molecule has 2 N–H and O–H groups in total. The topological polar surface area (TPSA) is 58.8 Å². The lowest BCUT2D eigenvalue weighted by atomic mass is 10.1. The first-order valence-corrected chi connectivity index (χ1v) is 9.15. The van der Waals surface area contributed by atoms with Crippen molar-refractivity contribution in [3.05, 3.63) is 58.6 Å². The zero-order chi connectivity index (χ0) is 18.5. The van der Waals surface area contributed by atoms with E-state index in [0.29, 0.717) is 28.6 Å². The zero-order valence-corrected chi connectivity index (χ0v) is 15.7. The SMILES string of the molecule is COc1cc(N)c(Cl)cc1C(=O)N1CCCN(Cc2ccccc2)CC1. The van der Waals surface area contributed by atoms with E-state index < -0.39 is 0 Å². The molecule has 2 aromatic carbocycles. The molecule has 26 heavy (non-hydrogen) atoms. The highest BCUT2D eigenvalue weighted by atomic mass is 35.5. The molecule has 2 aromatic rings. The van der Waals surface area contributed by atoms with Crippen LogP contribution in [0.3, 0.4) is 0 Å². The van der Waals surface area contributed by atoms with Gasteiger partial charge in [0.2, 0.25) is 0 Å². The van der Waals surface area contributed by atoms with Crippen molar-refractivity contribution < 1.29 is 9.53 Å². The molecule has 3 rings (SSSR count). The van der Waals surface area contributed by atoms with E-state index in [2.05, 4.69) is 29.2 Å². The molecule has 0 atom stereocenters. The maximum absolute atomic E-state index is 13.0. The maximum Gasteiger partial charge on any atom is 0.257 e. The fourth-order valence-corrected chi connectivity index (χ4v) is 3.41. The van der Waals surface area contributed by atoms with Crippen LogP contribution in [0.4, 0.5) is 5.69 Å². The first kappa shape index (κ1) is 18.5. The van der Waals surface area contributed by atoms with E-state index in [1.807, 2.05) is 11.0 Å². The van der Waals surface area contributed by atoms with E-state index in [1.165, 1.54) is 12.7 Å². The van der Waals surface area contributed by atoms with Crippen LogP contribution >= 0.6 is 11.6 Å². The number of amides is 1. The number of nitrogens with two attached hydrogens (primary N) is 1. The minimum absolute atomic E-state index is 0.0645. The highest BCUT2D eigenvalue weighted by Gasteiger charge is 2.23. The number of nitrogen functional groups attached to an aromatic ring is 1. The van der Waals surface area contributed by atoms with Crippen LogP contribution in [0.1, 0.15) is 22.3 Å². The summed E-state index contributed by atoms with van der Waals surface area (Å²) in [6.45, 7) is 4.11. The largest absolute Gasteiger partial charge is 0.496 e. The minimum Gasteiger partial charge on any atom is -0.496 e. The highest BCUT2D eigenvalue weighted by molar-refractivity contribution is 6.33. The van der Waals surface area contributed by atoms with Gasteiger partial charge in [0, 0.05) is 38.8 Å². The maximum atomic E-state index is 13.0. The Kier molecular flexibility index (Phi) is 6.01. The number of ether oxygens (including phenoxy) is 1. The molecule has 1 aliphatic rings. The molecule has 0 unspecified atom stereocenters. The molecule has 0 spiro atoms. The molecule has 0 aliphatic carbocycles. The number of methoxy groups -OCH3 is 1. The van der Waals surface area contributed by atoms with Crippen molar-refractivity contribution in [2.24, 2.45) is 0 Å². The fraction of sp³-hybridized carbons (Fsp3) is 0.350. The number of hydrogen-bond acceptors (Lipinski definition) is 4. The molecule has 0 aromatic heterocycles. The Hall–Kier alpha value is -2.24. The fourth-order valence-electron chi connectivity index (χ4n) is 3.25. The smallest absolute Gasteiger partial charge is 0.257 e. The normalized spacial score (nSPS) is 15.5. The van der Waals surface area contributed by atoms with Crippen molar-refractivity contribution in [1.82, 2.24) is 9.80 Å². The minimum atomic E-state index is -0.0645. The van der Waals surface area contributed by atoms with E-state index in [4.69, 9.17) is 22.1 Å². The Morgan fingerprint density at radius 3 is 2.65 bits per heavy atom. The second-order valence-corrected chi connectivity index (χ2v) is 6.89. The van der Waals surface area contributed by atoms with Crippen LogP contribution in [0.15, 0.2) is 42.5 Å². The Labute approximate surface area is 159 Å². The van der Waals surface area contributed by atoms with Crippen LogP contribution in [0, 0.1) is 0 Å². The number of carbonyl (C=O) groups is 1. The van der Waals surface area contributed by atoms with E-state index in [-0.39, 0.29) is 5.91 Å². The molecule has 1 amide bonds. The monoisotopic (exact) mass is 373 g/mol. The second-order valence-electron chi connectivity index (χ2n) is 6.48. The molecule has 0 bridgehead atoms. The van der Waals surface area contributed by atoms with Crippen molar-refractivity contribution in [2.45, 2.75) is 13.0 Å². The molecule has 1 aliphatic heterocycles. The van der Waals surface area contributed by atoms with E-state index >= 15 is 0 Å². The van der Waals surface area contributed by atoms with Gasteiger partial charge in [0.25, 0.3) is 5.91 Å². The van der Waals surface area contributed by atoms with E-state index in [9.17, 15) is 4.79 Å². The summed E-state index contributed by atoms with van der Waals surface area (Å²) in [4.78, 5) is 17.2. The molecule has 1 fully saturated rings. The van der Waals surface area contributed by atoms with Crippen molar-refractivity contribution in [3.8, 4) is 5.75 Å². The molecule has 5 nitrogen and oxygen atoms in total. The number of nitrogens with zero attached hydrogens (tertiary/aromatic N) is 2. The van der Waals surface area contributed by atoms with E-state index in [0.717, 1.165) is 32.6 Å². The summed E-state index contributed by atoms with van der Waals surface area (Å²) in [6, 6.07) is 13.6. The third kappa shape index (κ3) is 4.29. The first-order chi connectivity index (χ1) is 12.6. The van der Waals surface area contributed by atoms with Gasteiger partial charge in [-0.05, 0) is 18.1 Å². The lowest BCUT2D eigenvalue weighted by molar-refractivity contribution is 0.0758. The Morgan fingerprint density at radius 2 is 1.92 bits per heavy atom. The number of halogens is 1. The van der Waals surface area contributed by atoms with Crippen LogP contribution < -0.4 is 10.5 Å². The van der Waals surface area contributed by atoms with Gasteiger partial charge in [-0.3, -0.25) is 9.69 Å². The van der Waals surface area contributed by atoms with Gasteiger partial charge in [-0.25, -0.2) is 0 Å². The molecule has 1 heterocycles. The number of rotatable bonds is 4. The van der Waals surface area contributed by atoms with Gasteiger partial charge in [0.05, 0.1) is 23.4 Å². The number of hydrogen-bond donors (Lipinski definition) is 1. The Bertz CT molecular complexity index is 767. The standard InChI is InChI=1S/C20H24ClN3O2/c1-26-19-13-18(22)17(21)12-16(19)20(25)24-9-5-8-23(10-11-24)14-15-6-3-2-4-7-15/h2-4,6-7,12-13H,5,8-11,14,22H2,1H3. The number of anilines is 1. The molecule has 0 radical (unpaired) electrons. The lowest BCUT2D eigenvalue weighted by Gasteiger charge is -2.23. The summed E-state index contributed by atoms with van der Waals surface area (Å²) >= 11 is 6.11. The van der Waals surface area contributed by atoms with Gasteiger partial charge >= 0.3 is 0 Å². The predicted octanol–water partition coefficient (Wildman–Crippen LogP) is 3.28. The first-order valence-electron chi connectivity index (χ1n) is 8.77. The summed E-state index contributed by atoms with van der Waals surface area (Å²) in [5.74, 6) is 0.396. The lowest BCUT2D eigenvalue weighted by Crippen LogP contribution is -2.35. The third-order valence-electron chi connectivity index (χ3n) is 4.67. The molecule has 6 heteroatoms. The van der Waals surface area contributed by atoms with Gasteiger partial charge in [0.1, 0.15) is 5.75 Å². The van der Waals surface area contributed by atoms with Crippen LogP contribution in [-0.2, 0) is 6.54 Å². The number of benzene rings is 2. The van der Waals surface area contributed by atoms with Crippen LogP contribution in [0.2, 0.25) is 5.02 Å². The van der Waals surface area contributed by atoms with Gasteiger partial charge in [-0.15, -0.1) is 0 Å². The molecular formula is C20H24ClN3O2. The third-order valence-corrected chi connectivity index (χ3v) is 5.00. The summed E-state index contributed by atoms with van der Waals surface area (Å²) in [5, 5.41) is 0.370. The van der Waals surface area contributed by atoms with Crippen LogP contribution in [0.25, 0.3) is 0 Å². The van der Waals surface area contributed by atoms with Gasteiger partial charge in [0.15, 0.2) is 0 Å². The number of carbonyl (C=O) groups excluding carboxylic acids is 1. The average Bonchev–Trinajstić information content (AvgIpc) is 2.89. The van der Waals surface area contributed by atoms with Gasteiger partial charge < -0.3 is 15.4 Å². The van der Waals surface area contributed by atoms with Crippen LogP contribution in [-0.4, -0.2) is 49.0 Å². The summed E-state index contributed by atoms with van der Waals surface area (Å²) < 4.78 is 5.33. The predicted molar refractivity (Wildman–Crippen MR) is 105 cm³/mol. The van der Waals surface area contributed by atoms with Crippen molar-refractivity contribution in [3.63, 3.8) is 0 Å².